The molecule has 2 nitrogen and oxygen atoms in total. The average molecular weight is 261 g/mol. The van der Waals surface area contributed by atoms with Crippen molar-refractivity contribution in [2.75, 3.05) is 6.54 Å². The smallest absolute Gasteiger partial charge is 0.137 e. The Kier molecular flexibility index (Phi) is 4.51. The van der Waals surface area contributed by atoms with Crippen LogP contribution >= 0.6 is 15.9 Å². The summed E-state index contributed by atoms with van der Waals surface area (Å²) in [6.07, 6.45) is 0. The predicted octanol–water partition coefficient (Wildman–Crippen LogP) is 2.02. The summed E-state index contributed by atoms with van der Waals surface area (Å²) in [5, 5.41) is 3.23. The first-order chi connectivity index (χ1) is 6.63. The van der Waals surface area contributed by atoms with Gasteiger partial charge < -0.3 is 11.1 Å². The van der Waals surface area contributed by atoms with Gasteiger partial charge in [0.25, 0.3) is 0 Å². The Labute approximate surface area is 91.8 Å². The van der Waals surface area contributed by atoms with Crippen molar-refractivity contribution < 1.29 is 4.39 Å². The van der Waals surface area contributed by atoms with E-state index in [1.54, 1.807) is 12.1 Å². The number of nitrogens with one attached hydrogen (secondary N) is 1. The third kappa shape index (κ3) is 3.36. The van der Waals surface area contributed by atoms with Gasteiger partial charge >= 0.3 is 0 Å². The van der Waals surface area contributed by atoms with Gasteiger partial charge in [0.1, 0.15) is 5.82 Å². The molecule has 1 aromatic carbocycles. The number of hydrogen-bond acceptors (Lipinski definition) is 2. The van der Waals surface area contributed by atoms with Gasteiger partial charge in [-0.3, -0.25) is 0 Å². The predicted molar refractivity (Wildman–Crippen MR) is 59.5 cm³/mol. The Bertz CT molecular complexity index is 304. The zero-order chi connectivity index (χ0) is 10.6. The standard InChI is InChI=1S/C10H14BrFN2/c1-7(5-13)14-6-8-2-3-10(12)9(11)4-8/h2-4,7,14H,5-6,13H2,1H3/t7-/m0/s1. The summed E-state index contributed by atoms with van der Waals surface area (Å²) in [6.45, 7) is 3.32. The topological polar surface area (TPSA) is 38.0 Å². The molecule has 0 aliphatic carbocycles. The van der Waals surface area contributed by atoms with Gasteiger partial charge in [-0.2, -0.15) is 0 Å². The maximum Gasteiger partial charge on any atom is 0.137 e. The second-order valence-electron chi connectivity index (χ2n) is 3.27. The molecule has 0 aromatic heterocycles. The van der Waals surface area contributed by atoms with Crippen LogP contribution in [0.5, 0.6) is 0 Å². The second-order valence-corrected chi connectivity index (χ2v) is 4.12. The summed E-state index contributed by atoms with van der Waals surface area (Å²) in [7, 11) is 0. The van der Waals surface area contributed by atoms with Crippen molar-refractivity contribution in [1.82, 2.24) is 5.32 Å². The average Bonchev–Trinajstić information content (AvgIpc) is 2.19. The van der Waals surface area contributed by atoms with Gasteiger partial charge in [-0.25, -0.2) is 4.39 Å². The Morgan fingerprint density at radius 3 is 2.86 bits per heavy atom. The van der Waals surface area contributed by atoms with Crippen LogP contribution in [0.3, 0.4) is 0 Å². The van der Waals surface area contributed by atoms with Gasteiger partial charge in [0.15, 0.2) is 0 Å². The van der Waals surface area contributed by atoms with E-state index in [9.17, 15) is 4.39 Å². The fraction of sp³-hybridized carbons (Fsp3) is 0.400. The van der Waals surface area contributed by atoms with Crippen LogP contribution < -0.4 is 11.1 Å². The molecule has 4 heteroatoms. The van der Waals surface area contributed by atoms with Gasteiger partial charge in [0.05, 0.1) is 4.47 Å². The highest BCUT2D eigenvalue weighted by atomic mass is 79.9. The Morgan fingerprint density at radius 1 is 1.57 bits per heavy atom. The number of benzene rings is 1. The highest BCUT2D eigenvalue weighted by Gasteiger charge is 2.01. The van der Waals surface area contributed by atoms with E-state index in [1.807, 2.05) is 6.92 Å². The van der Waals surface area contributed by atoms with Crippen molar-refractivity contribution in [1.29, 1.82) is 0 Å². The van der Waals surface area contributed by atoms with Gasteiger partial charge in [-0.1, -0.05) is 6.07 Å². The summed E-state index contributed by atoms with van der Waals surface area (Å²) in [5.74, 6) is -0.236. The van der Waals surface area contributed by atoms with Crippen LogP contribution in [0.1, 0.15) is 12.5 Å². The molecule has 78 valence electrons. The minimum atomic E-state index is -0.236. The SMILES string of the molecule is C[C@@H](CN)NCc1ccc(F)c(Br)c1. The van der Waals surface area contributed by atoms with Crippen LogP contribution in [0, 0.1) is 5.82 Å². The molecule has 0 fully saturated rings. The molecule has 3 N–H and O–H groups in total. The van der Waals surface area contributed by atoms with E-state index >= 15 is 0 Å². The minimum absolute atomic E-state index is 0.236. The monoisotopic (exact) mass is 260 g/mol. The summed E-state index contributed by atoms with van der Waals surface area (Å²) in [6, 6.07) is 5.26. The molecule has 0 aliphatic rings. The number of rotatable bonds is 4. The van der Waals surface area contributed by atoms with E-state index in [2.05, 4.69) is 21.2 Å². The van der Waals surface area contributed by atoms with E-state index in [0.29, 0.717) is 17.6 Å². The molecule has 0 aliphatic heterocycles. The zero-order valence-corrected chi connectivity index (χ0v) is 9.64. The molecule has 0 spiro atoms. The first-order valence-corrected chi connectivity index (χ1v) is 5.30. The maximum atomic E-state index is 12.9. The molecule has 0 heterocycles. The summed E-state index contributed by atoms with van der Waals surface area (Å²) >= 11 is 3.14. The molecule has 0 saturated heterocycles. The third-order valence-corrected chi connectivity index (χ3v) is 2.60. The Morgan fingerprint density at radius 2 is 2.29 bits per heavy atom. The number of hydrogen-bond donors (Lipinski definition) is 2. The van der Waals surface area contributed by atoms with Gasteiger partial charge in [-0.15, -0.1) is 0 Å². The van der Waals surface area contributed by atoms with Crippen molar-refractivity contribution >= 4 is 15.9 Å². The molecule has 0 amide bonds. The largest absolute Gasteiger partial charge is 0.329 e. The fourth-order valence-corrected chi connectivity index (χ4v) is 1.45. The molecular formula is C10H14BrFN2. The van der Waals surface area contributed by atoms with E-state index in [4.69, 9.17) is 5.73 Å². The van der Waals surface area contributed by atoms with Crippen LogP contribution in [0.2, 0.25) is 0 Å². The van der Waals surface area contributed by atoms with Crippen molar-refractivity contribution in [3.63, 3.8) is 0 Å². The lowest BCUT2D eigenvalue weighted by Crippen LogP contribution is -2.32. The van der Waals surface area contributed by atoms with Crippen molar-refractivity contribution in [2.45, 2.75) is 19.5 Å². The van der Waals surface area contributed by atoms with E-state index in [-0.39, 0.29) is 11.9 Å². The third-order valence-electron chi connectivity index (χ3n) is 1.99. The highest BCUT2D eigenvalue weighted by Crippen LogP contribution is 2.16. The molecule has 0 radical (unpaired) electrons. The van der Waals surface area contributed by atoms with Crippen LogP contribution in [-0.2, 0) is 6.54 Å². The van der Waals surface area contributed by atoms with Gasteiger partial charge in [0.2, 0.25) is 0 Å². The molecule has 1 atom stereocenters. The Balaban J connectivity index is 2.55. The minimum Gasteiger partial charge on any atom is -0.329 e. The molecule has 14 heavy (non-hydrogen) atoms. The van der Waals surface area contributed by atoms with Gasteiger partial charge in [-0.05, 0) is 40.5 Å². The lowest BCUT2D eigenvalue weighted by Gasteiger charge is -2.11. The van der Waals surface area contributed by atoms with E-state index in [0.717, 1.165) is 5.56 Å². The van der Waals surface area contributed by atoms with Crippen molar-refractivity contribution in [3.8, 4) is 0 Å². The molecule has 1 rings (SSSR count). The molecule has 0 unspecified atom stereocenters. The normalized spacial score (nSPS) is 12.9. The second kappa shape index (κ2) is 5.44. The Hall–Kier alpha value is -0.450. The summed E-state index contributed by atoms with van der Waals surface area (Å²) in [5.41, 5.74) is 6.50. The van der Waals surface area contributed by atoms with Crippen molar-refractivity contribution in [3.05, 3.63) is 34.1 Å². The zero-order valence-electron chi connectivity index (χ0n) is 8.06. The molecule has 0 bridgehead atoms. The molecular weight excluding hydrogens is 247 g/mol. The van der Waals surface area contributed by atoms with E-state index in [1.165, 1.54) is 6.07 Å². The van der Waals surface area contributed by atoms with Crippen LogP contribution in [0.15, 0.2) is 22.7 Å². The number of halogens is 2. The molecule has 1 aromatic rings. The van der Waals surface area contributed by atoms with Crippen LogP contribution in [0.4, 0.5) is 4.39 Å². The first kappa shape index (κ1) is 11.6. The summed E-state index contributed by atoms with van der Waals surface area (Å²) < 4.78 is 13.4. The fourth-order valence-electron chi connectivity index (χ4n) is 1.03. The number of nitrogens with two attached hydrogens (primary N) is 1. The lowest BCUT2D eigenvalue weighted by atomic mass is 10.2. The maximum absolute atomic E-state index is 12.9. The first-order valence-electron chi connectivity index (χ1n) is 4.51. The molecule has 0 saturated carbocycles. The quantitative estimate of drug-likeness (QED) is 0.870. The van der Waals surface area contributed by atoms with Gasteiger partial charge in [0, 0.05) is 19.1 Å². The van der Waals surface area contributed by atoms with E-state index < -0.39 is 0 Å². The van der Waals surface area contributed by atoms with Crippen molar-refractivity contribution in [2.24, 2.45) is 5.73 Å². The summed E-state index contributed by atoms with van der Waals surface area (Å²) in [4.78, 5) is 0. The highest BCUT2D eigenvalue weighted by molar-refractivity contribution is 9.10. The van der Waals surface area contributed by atoms with Crippen LogP contribution in [-0.4, -0.2) is 12.6 Å². The lowest BCUT2D eigenvalue weighted by molar-refractivity contribution is 0.555. The van der Waals surface area contributed by atoms with Crippen LogP contribution in [0.25, 0.3) is 0 Å².